The molecule has 1 aliphatic heterocycles. The largest absolute Gasteiger partial charge is 0.494 e. The normalized spacial score (nSPS) is 14.2. The number of nitrogens with one attached hydrogen (secondary N) is 3. The summed E-state index contributed by atoms with van der Waals surface area (Å²) < 4.78 is 37.1. The molecule has 3 aromatic carbocycles. The summed E-state index contributed by atoms with van der Waals surface area (Å²) in [6.45, 7) is 7.05. The number of anilines is 5. The maximum absolute atomic E-state index is 13.1. The maximum atomic E-state index is 13.1. The van der Waals surface area contributed by atoms with Gasteiger partial charge in [0.2, 0.25) is 5.95 Å². The summed E-state index contributed by atoms with van der Waals surface area (Å²) in [7, 11) is -0.130. The molecule has 1 fully saturated rings. The van der Waals surface area contributed by atoms with Crippen LogP contribution in [0.2, 0.25) is 0 Å². The van der Waals surface area contributed by atoms with Crippen LogP contribution in [0.5, 0.6) is 5.75 Å². The van der Waals surface area contributed by atoms with Crippen molar-refractivity contribution in [2.24, 2.45) is 0 Å². The van der Waals surface area contributed by atoms with Crippen LogP contribution in [0.3, 0.4) is 0 Å². The van der Waals surface area contributed by atoms with Crippen LogP contribution in [-0.2, 0) is 14.6 Å². The van der Waals surface area contributed by atoms with Crippen molar-refractivity contribution in [2.75, 3.05) is 56.0 Å². The third-order valence-corrected chi connectivity index (χ3v) is 10.1. The zero-order valence-electron chi connectivity index (χ0n) is 25.8. The van der Waals surface area contributed by atoms with Crippen molar-refractivity contribution in [1.29, 1.82) is 0 Å². The monoisotopic (exact) mass is 618 g/mol. The summed E-state index contributed by atoms with van der Waals surface area (Å²) in [4.78, 5) is 12.1. The van der Waals surface area contributed by atoms with E-state index in [1.807, 2.05) is 36.4 Å². The van der Waals surface area contributed by atoms with Gasteiger partial charge in [0.25, 0.3) is 0 Å². The van der Waals surface area contributed by atoms with Crippen molar-refractivity contribution in [3.63, 3.8) is 0 Å². The van der Waals surface area contributed by atoms with Crippen LogP contribution in [-0.4, -0.2) is 70.1 Å². The smallest absolute Gasteiger partial charge is 0.229 e. The van der Waals surface area contributed by atoms with Crippen molar-refractivity contribution >= 4 is 49.6 Å². The molecule has 234 valence electrons. The van der Waals surface area contributed by atoms with E-state index in [4.69, 9.17) is 19.4 Å². The van der Waals surface area contributed by atoms with E-state index in [0.29, 0.717) is 34.8 Å². The van der Waals surface area contributed by atoms with Gasteiger partial charge >= 0.3 is 0 Å². The lowest BCUT2D eigenvalue weighted by Crippen LogP contribution is -2.43. The second kappa shape index (κ2) is 14.2. The number of benzene rings is 3. The van der Waals surface area contributed by atoms with Gasteiger partial charge in [-0.3, -0.25) is 0 Å². The zero-order chi connectivity index (χ0) is 31.1. The molecule has 0 spiro atoms. The molecule has 2 heterocycles. The molecule has 5 rings (SSSR count). The van der Waals surface area contributed by atoms with Gasteiger partial charge in [-0.1, -0.05) is 24.3 Å². The Kier molecular flexibility index (Phi) is 10.2. The first kappa shape index (κ1) is 31.5. The minimum absolute atomic E-state index is 0.232. The standard InChI is InChI=1S/C33H42N6O4S/c1-23(2)44(40,41)31-13-8-7-12-29(31)35-32-26-10-5-6-11-27(26)36-33(38-32)37-28-15-14-25(22-30(28)43-4)39-19-16-24(17-20-39)34-18-9-21-42-3/h5-8,10-15,22-24,34H,9,16-21H2,1-4H3,(H2,35,36,37,38). The zero-order valence-corrected chi connectivity index (χ0v) is 26.7. The summed E-state index contributed by atoms with van der Waals surface area (Å²) in [6.07, 6.45) is 3.18. The van der Waals surface area contributed by atoms with Crippen LogP contribution in [0.15, 0.2) is 71.6 Å². The van der Waals surface area contributed by atoms with E-state index < -0.39 is 15.1 Å². The summed E-state index contributed by atoms with van der Waals surface area (Å²) in [5.74, 6) is 1.54. The van der Waals surface area contributed by atoms with Crippen LogP contribution in [0.1, 0.15) is 33.1 Å². The SMILES string of the molecule is COCCCNC1CCN(c2ccc(Nc3nc(Nc4ccccc4S(=O)(=O)C(C)C)c4ccccc4n3)c(OC)c2)CC1. The summed E-state index contributed by atoms with van der Waals surface area (Å²) >= 11 is 0. The van der Waals surface area contributed by atoms with E-state index in [9.17, 15) is 8.42 Å². The number of ether oxygens (including phenoxy) is 2. The van der Waals surface area contributed by atoms with E-state index in [1.165, 1.54) is 0 Å². The second-order valence-corrected chi connectivity index (χ2v) is 13.7. The van der Waals surface area contributed by atoms with Gasteiger partial charge in [-0.2, -0.15) is 4.98 Å². The van der Waals surface area contributed by atoms with E-state index in [-0.39, 0.29) is 4.90 Å². The molecule has 0 unspecified atom stereocenters. The highest BCUT2D eigenvalue weighted by molar-refractivity contribution is 7.92. The predicted octanol–water partition coefficient (Wildman–Crippen LogP) is 5.90. The Bertz CT molecular complexity index is 1670. The highest BCUT2D eigenvalue weighted by atomic mass is 32.2. The second-order valence-electron chi connectivity index (χ2n) is 11.2. The van der Waals surface area contributed by atoms with E-state index in [0.717, 1.165) is 62.3 Å². The van der Waals surface area contributed by atoms with Crippen LogP contribution >= 0.6 is 0 Å². The maximum Gasteiger partial charge on any atom is 0.229 e. The lowest BCUT2D eigenvalue weighted by atomic mass is 10.0. The molecular weight excluding hydrogens is 576 g/mol. The Morgan fingerprint density at radius 2 is 1.68 bits per heavy atom. The molecule has 10 nitrogen and oxygen atoms in total. The van der Waals surface area contributed by atoms with Gasteiger partial charge in [-0.25, -0.2) is 13.4 Å². The van der Waals surface area contributed by atoms with Gasteiger partial charge in [0.1, 0.15) is 11.6 Å². The number of hydrogen-bond acceptors (Lipinski definition) is 10. The molecule has 0 radical (unpaired) electrons. The molecular formula is C33H42N6O4S. The van der Waals surface area contributed by atoms with Gasteiger partial charge in [0.15, 0.2) is 9.84 Å². The van der Waals surface area contributed by atoms with Crippen LogP contribution in [0, 0.1) is 0 Å². The highest BCUT2D eigenvalue weighted by Gasteiger charge is 2.24. The van der Waals surface area contributed by atoms with Gasteiger partial charge in [0.05, 0.1) is 34.1 Å². The van der Waals surface area contributed by atoms with E-state index >= 15 is 0 Å². The number of methoxy groups -OCH3 is 2. The first-order chi connectivity index (χ1) is 21.3. The number of hydrogen-bond donors (Lipinski definition) is 3. The minimum atomic E-state index is -3.52. The van der Waals surface area contributed by atoms with Crippen LogP contribution < -0.4 is 25.6 Å². The number of aromatic nitrogens is 2. The third kappa shape index (κ3) is 7.23. The number of fused-ring (bicyclic) bond motifs is 1. The molecule has 0 amide bonds. The van der Waals surface area contributed by atoms with Crippen molar-refractivity contribution in [3.05, 3.63) is 66.7 Å². The quantitative estimate of drug-likeness (QED) is 0.156. The molecule has 11 heteroatoms. The molecule has 4 aromatic rings. The lowest BCUT2D eigenvalue weighted by Gasteiger charge is -2.34. The number of rotatable bonds is 13. The summed E-state index contributed by atoms with van der Waals surface area (Å²) in [5.41, 5.74) is 3.02. The molecule has 0 atom stereocenters. The lowest BCUT2D eigenvalue weighted by molar-refractivity contribution is 0.192. The van der Waals surface area contributed by atoms with Gasteiger partial charge in [-0.15, -0.1) is 0 Å². The highest BCUT2D eigenvalue weighted by Crippen LogP contribution is 2.35. The van der Waals surface area contributed by atoms with E-state index in [1.54, 1.807) is 52.3 Å². The fraction of sp³-hybridized carbons (Fsp3) is 0.394. The number of nitrogens with zero attached hydrogens (tertiary/aromatic N) is 3. The minimum Gasteiger partial charge on any atom is -0.494 e. The van der Waals surface area contributed by atoms with Crippen molar-refractivity contribution in [3.8, 4) is 5.75 Å². The summed E-state index contributed by atoms with van der Waals surface area (Å²) in [5, 5.41) is 10.5. The molecule has 0 bridgehead atoms. The number of piperidine rings is 1. The molecule has 0 aliphatic carbocycles. The molecule has 1 aliphatic rings. The fourth-order valence-electron chi connectivity index (χ4n) is 5.39. The number of sulfone groups is 1. The first-order valence-corrected chi connectivity index (χ1v) is 16.6. The Morgan fingerprint density at radius 1 is 0.932 bits per heavy atom. The Balaban J connectivity index is 1.36. The molecule has 1 saturated heterocycles. The molecule has 44 heavy (non-hydrogen) atoms. The predicted molar refractivity (Wildman–Crippen MR) is 178 cm³/mol. The van der Waals surface area contributed by atoms with Crippen molar-refractivity contribution in [1.82, 2.24) is 15.3 Å². The Labute approximate surface area is 260 Å². The topological polar surface area (TPSA) is 118 Å². The molecule has 0 saturated carbocycles. The Hall–Kier alpha value is -3.93. The molecule has 3 N–H and O–H groups in total. The summed E-state index contributed by atoms with van der Waals surface area (Å²) in [6, 6.07) is 21.2. The number of para-hydroxylation sites is 2. The van der Waals surface area contributed by atoms with Crippen LogP contribution in [0.4, 0.5) is 28.8 Å². The Morgan fingerprint density at radius 3 is 2.43 bits per heavy atom. The van der Waals surface area contributed by atoms with Crippen LogP contribution in [0.25, 0.3) is 10.9 Å². The first-order valence-electron chi connectivity index (χ1n) is 15.1. The average molecular weight is 619 g/mol. The van der Waals surface area contributed by atoms with E-state index in [2.05, 4.69) is 26.9 Å². The van der Waals surface area contributed by atoms with Gasteiger partial charge in [-0.05, 0) is 76.1 Å². The van der Waals surface area contributed by atoms with Gasteiger partial charge < -0.3 is 30.3 Å². The fourth-order valence-corrected chi connectivity index (χ4v) is 6.59. The third-order valence-electron chi connectivity index (χ3n) is 7.92. The van der Waals surface area contributed by atoms with Crippen molar-refractivity contribution in [2.45, 2.75) is 49.3 Å². The average Bonchev–Trinajstić information content (AvgIpc) is 3.04. The molecule has 1 aromatic heterocycles. The van der Waals surface area contributed by atoms with Crippen molar-refractivity contribution < 1.29 is 17.9 Å². The van der Waals surface area contributed by atoms with Gasteiger partial charge in [0, 0.05) is 50.0 Å².